The van der Waals surface area contributed by atoms with Crippen LogP contribution in [0, 0.1) is 6.92 Å². The molecule has 7 nitrogen and oxygen atoms in total. The molecule has 1 N–H and O–H groups in total. The zero-order valence-corrected chi connectivity index (χ0v) is 13.2. The van der Waals surface area contributed by atoms with E-state index in [1.165, 1.54) is 10.8 Å². The van der Waals surface area contributed by atoms with Gasteiger partial charge in [-0.3, -0.25) is 14.3 Å². The maximum absolute atomic E-state index is 12.0. The van der Waals surface area contributed by atoms with Crippen LogP contribution in [0.25, 0.3) is 0 Å². The first kappa shape index (κ1) is 15.3. The molecule has 1 aromatic carbocycles. The lowest BCUT2D eigenvalue weighted by Gasteiger charge is -2.31. The predicted molar refractivity (Wildman–Crippen MR) is 84.6 cm³/mol. The van der Waals surface area contributed by atoms with E-state index in [0.29, 0.717) is 18.6 Å². The number of nitrogens with one attached hydrogen (secondary N) is 1. The summed E-state index contributed by atoms with van der Waals surface area (Å²) in [5.41, 5.74) is 0.564. The second kappa shape index (κ2) is 6.01. The van der Waals surface area contributed by atoms with Gasteiger partial charge in [0.15, 0.2) is 6.29 Å². The average Bonchev–Trinajstić information content (AvgIpc) is 3.01. The smallest absolute Gasteiger partial charge is 0.330 e. The van der Waals surface area contributed by atoms with Gasteiger partial charge in [-0.2, -0.15) is 0 Å². The third-order valence-corrected chi connectivity index (χ3v) is 4.42. The van der Waals surface area contributed by atoms with Gasteiger partial charge in [0, 0.05) is 23.7 Å². The zero-order valence-electron chi connectivity index (χ0n) is 13.2. The maximum atomic E-state index is 12.0. The number of rotatable bonds is 2. The molecular formula is C17H18N2O5. The highest BCUT2D eigenvalue weighted by molar-refractivity contribution is 5.16. The Bertz CT molecular complexity index is 844. The van der Waals surface area contributed by atoms with Crippen LogP contribution >= 0.6 is 0 Å². The van der Waals surface area contributed by atoms with Gasteiger partial charge in [-0.1, -0.05) is 30.3 Å². The first-order valence-corrected chi connectivity index (χ1v) is 7.91. The number of H-pyrrole nitrogens is 1. The second-order valence-electron chi connectivity index (χ2n) is 6.09. The summed E-state index contributed by atoms with van der Waals surface area (Å²) in [7, 11) is 0. The number of hydrogen-bond acceptors (Lipinski definition) is 5. The molecule has 2 fully saturated rings. The largest absolute Gasteiger partial charge is 0.349 e. The molecule has 1 aromatic heterocycles. The molecular weight excluding hydrogens is 312 g/mol. The zero-order chi connectivity index (χ0) is 16.7. The topological polar surface area (TPSA) is 82.6 Å². The Kier molecular flexibility index (Phi) is 3.84. The van der Waals surface area contributed by atoms with Gasteiger partial charge in [-0.15, -0.1) is 0 Å². The van der Waals surface area contributed by atoms with Gasteiger partial charge in [0.2, 0.25) is 0 Å². The number of fused-ring (bicyclic) bond motifs is 1. The van der Waals surface area contributed by atoms with Crippen LogP contribution in [0.15, 0.2) is 46.1 Å². The van der Waals surface area contributed by atoms with Gasteiger partial charge in [0.25, 0.3) is 5.56 Å². The van der Waals surface area contributed by atoms with Crippen LogP contribution < -0.4 is 11.2 Å². The molecule has 126 valence electrons. The minimum absolute atomic E-state index is 0.159. The van der Waals surface area contributed by atoms with Gasteiger partial charge >= 0.3 is 5.69 Å². The van der Waals surface area contributed by atoms with E-state index in [0.717, 1.165) is 5.56 Å². The Balaban J connectivity index is 1.53. The summed E-state index contributed by atoms with van der Waals surface area (Å²) in [6, 6.07) is 9.71. The van der Waals surface area contributed by atoms with Crippen LogP contribution in [-0.2, 0) is 14.2 Å². The number of benzene rings is 1. The molecule has 3 heterocycles. The molecule has 4 atom stereocenters. The van der Waals surface area contributed by atoms with E-state index in [2.05, 4.69) is 4.98 Å². The summed E-state index contributed by atoms with van der Waals surface area (Å²) in [6.45, 7) is 2.06. The van der Waals surface area contributed by atoms with Gasteiger partial charge in [0.1, 0.15) is 12.3 Å². The molecule has 0 amide bonds. The lowest BCUT2D eigenvalue weighted by molar-refractivity contribution is -0.245. The molecule has 0 spiro atoms. The van der Waals surface area contributed by atoms with Crippen molar-refractivity contribution in [3.05, 3.63) is 68.5 Å². The molecule has 24 heavy (non-hydrogen) atoms. The number of hydrogen-bond donors (Lipinski definition) is 1. The Morgan fingerprint density at radius 2 is 1.92 bits per heavy atom. The minimum atomic E-state index is -0.477. The molecule has 7 heteroatoms. The molecule has 2 aromatic rings. The molecule has 0 saturated carbocycles. The Morgan fingerprint density at radius 3 is 2.71 bits per heavy atom. The fourth-order valence-electron chi connectivity index (χ4n) is 3.13. The molecule has 2 aliphatic heterocycles. The van der Waals surface area contributed by atoms with E-state index < -0.39 is 18.2 Å². The van der Waals surface area contributed by atoms with Crippen molar-refractivity contribution < 1.29 is 14.2 Å². The van der Waals surface area contributed by atoms with Crippen LogP contribution in [0.3, 0.4) is 0 Å². The average molecular weight is 330 g/mol. The van der Waals surface area contributed by atoms with Crippen molar-refractivity contribution in [2.24, 2.45) is 0 Å². The lowest BCUT2D eigenvalue weighted by Crippen LogP contribution is -2.37. The number of aryl methyl sites for hydroxylation is 1. The van der Waals surface area contributed by atoms with Crippen LogP contribution in [0.1, 0.15) is 30.1 Å². The summed E-state index contributed by atoms with van der Waals surface area (Å²) in [5, 5.41) is 0. The van der Waals surface area contributed by atoms with Crippen LogP contribution in [0.2, 0.25) is 0 Å². The van der Waals surface area contributed by atoms with Crippen molar-refractivity contribution in [3.63, 3.8) is 0 Å². The van der Waals surface area contributed by atoms with E-state index in [1.807, 2.05) is 30.3 Å². The molecule has 2 aliphatic rings. The third kappa shape index (κ3) is 2.71. The fourth-order valence-corrected chi connectivity index (χ4v) is 3.13. The summed E-state index contributed by atoms with van der Waals surface area (Å²) in [4.78, 5) is 25.8. The summed E-state index contributed by atoms with van der Waals surface area (Å²) >= 11 is 0. The number of aromatic amines is 1. The van der Waals surface area contributed by atoms with Crippen molar-refractivity contribution in [2.45, 2.75) is 38.1 Å². The van der Waals surface area contributed by atoms with E-state index in [1.54, 1.807) is 6.92 Å². The Morgan fingerprint density at radius 1 is 1.12 bits per heavy atom. The first-order valence-electron chi connectivity index (χ1n) is 7.91. The quantitative estimate of drug-likeness (QED) is 0.896. The van der Waals surface area contributed by atoms with Crippen molar-refractivity contribution in [1.29, 1.82) is 0 Å². The van der Waals surface area contributed by atoms with Crippen molar-refractivity contribution in [3.8, 4) is 0 Å². The van der Waals surface area contributed by atoms with Gasteiger partial charge in [0.05, 0.1) is 12.7 Å². The molecule has 4 rings (SSSR count). The van der Waals surface area contributed by atoms with E-state index >= 15 is 0 Å². The molecule has 0 bridgehead atoms. The Labute approximate surface area is 137 Å². The summed E-state index contributed by atoms with van der Waals surface area (Å²) in [6.07, 6.45) is 0.772. The summed E-state index contributed by atoms with van der Waals surface area (Å²) in [5.74, 6) is 0. The van der Waals surface area contributed by atoms with Gasteiger partial charge in [-0.05, 0) is 6.92 Å². The monoisotopic (exact) mass is 330 g/mol. The van der Waals surface area contributed by atoms with E-state index in [-0.39, 0.29) is 17.8 Å². The molecule has 0 aliphatic carbocycles. The van der Waals surface area contributed by atoms with Gasteiger partial charge in [-0.25, -0.2) is 4.79 Å². The first-order chi connectivity index (χ1) is 11.6. The highest BCUT2D eigenvalue weighted by atomic mass is 16.7. The maximum Gasteiger partial charge on any atom is 0.330 e. The number of nitrogens with zero attached hydrogens (tertiary/aromatic N) is 1. The normalized spacial score (nSPS) is 29.4. The fraction of sp³-hybridized carbons (Fsp3) is 0.412. The molecule has 0 radical (unpaired) electrons. The molecule has 0 unspecified atom stereocenters. The van der Waals surface area contributed by atoms with E-state index in [9.17, 15) is 9.59 Å². The standard InChI is InChI=1S/C17H18N2O5/c1-10-8-19(17(21)18-15(10)20)14-7-12-13(23-14)9-22-16(24-12)11-5-3-2-4-6-11/h2-6,8,12-14,16H,7,9H2,1H3,(H,18,20,21)/t12-,13-,14-,16+/m1/s1. The Hall–Kier alpha value is -2.22. The lowest BCUT2D eigenvalue weighted by atomic mass is 10.1. The van der Waals surface area contributed by atoms with E-state index in [4.69, 9.17) is 14.2 Å². The van der Waals surface area contributed by atoms with Crippen molar-refractivity contribution in [1.82, 2.24) is 9.55 Å². The van der Waals surface area contributed by atoms with Crippen LogP contribution in [-0.4, -0.2) is 28.4 Å². The summed E-state index contributed by atoms with van der Waals surface area (Å²) < 4.78 is 19.1. The van der Waals surface area contributed by atoms with Crippen molar-refractivity contribution >= 4 is 0 Å². The SMILES string of the molecule is Cc1cn([C@H]2C[C@H]3O[C@@H](c4ccccc4)OC[C@H]3O2)c(=O)[nH]c1=O. The van der Waals surface area contributed by atoms with Gasteiger partial charge < -0.3 is 14.2 Å². The predicted octanol–water partition coefficient (Wildman–Crippen LogP) is 1.25. The highest BCUT2D eigenvalue weighted by Crippen LogP contribution is 2.37. The van der Waals surface area contributed by atoms with Crippen LogP contribution in [0.5, 0.6) is 0 Å². The van der Waals surface area contributed by atoms with Crippen molar-refractivity contribution in [2.75, 3.05) is 6.61 Å². The third-order valence-electron chi connectivity index (χ3n) is 4.42. The molecule has 2 saturated heterocycles. The second-order valence-corrected chi connectivity index (χ2v) is 6.09. The van der Waals surface area contributed by atoms with Crippen LogP contribution in [0.4, 0.5) is 0 Å². The number of aromatic nitrogens is 2. The number of ether oxygens (including phenoxy) is 3. The minimum Gasteiger partial charge on any atom is -0.349 e. The highest BCUT2D eigenvalue weighted by Gasteiger charge is 2.42.